The van der Waals surface area contributed by atoms with Crippen molar-refractivity contribution in [2.75, 3.05) is 0 Å². The molecule has 144 valence electrons. The predicted molar refractivity (Wildman–Crippen MR) is 119 cm³/mol. The Hall–Kier alpha value is -1.30. The molecular weight excluding hydrogens is 312 g/mol. The third kappa shape index (κ3) is 4.00. The van der Waals surface area contributed by atoms with Crippen LogP contribution in [0.3, 0.4) is 0 Å². The molecule has 0 aromatic heterocycles. The highest BCUT2D eigenvalue weighted by Gasteiger charge is 2.29. The van der Waals surface area contributed by atoms with Gasteiger partial charge in [0.15, 0.2) is 0 Å². The lowest BCUT2D eigenvalue weighted by molar-refractivity contribution is 0.564. The summed E-state index contributed by atoms with van der Waals surface area (Å²) < 4.78 is 0. The Bertz CT molecular complexity index is 807. The van der Waals surface area contributed by atoms with E-state index in [1.54, 1.807) is 0 Å². The second-order valence-corrected chi connectivity index (χ2v) is 12.1. The minimum Gasteiger partial charge on any atom is -0.0576 e. The molecule has 2 rings (SSSR count). The first-order valence-corrected chi connectivity index (χ1v) is 10.1. The fourth-order valence-electron chi connectivity index (χ4n) is 3.79. The molecule has 0 nitrogen and oxygen atoms in total. The van der Waals surface area contributed by atoms with Crippen molar-refractivity contribution < 1.29 is 0 Å². The van der Waals surface area contributed by atoms with Gasteiger partial charge in [0.25, 0.3) is 0 Å². The average molecular weight is 353 g/mol. The monoisotopic (exact) mass is 352 g/mol. The molecule has 0 unspecified atom stereocenters. The Kier molecular flexibility index (Phi) is 4.94. The molecule has 0 heterocycles. The summed E-state index contributed by atoms with van der Waals surface area (Å²) in [6.45, 7) is 28.0. The Labute approximate surface area is 162 Å². The zero-order valence-corrected chi connectivity index (χ0v) is 19.3. The van der Waals surface area contributed by atoms with Crippen molar-refractivity contribution in [1.82, 2.24) is 0 Å². The Morgan fingerprint density at radius 1 is 0.462 bits per heavy atom. The maximum absolute atomic E-state index is 2.48. The highest BCUT2D eigenvalue weighted by molar-refractivity contribution is 5.94. The summed E-state index contributed by atoms with van der Waals surface area (Å²) in [5, 5.41) is 2.92. The molecule has 0 atom stereocenters. The highest BCUT2D eigenvalue weighted by atomic mass is 14.3. The summed E-state index contributed by atoms with van der Waals surface area (Å²) >= 11 is 0. The molecule has 0 saturated carbocycles. The number of rotatable bonds is 0. The first-order valence-electron chi connectivity index (χ1n) is 10.1. The minimum atomic E-state index is 0.107. The third-order valence-corrected chi connectivity index (χ3v) is 5.40. The average Bonchev–Trinajstić information content (AvgIpc) is 2.40. The van der Waals surface area contributed by atoms with Crippen LogP contribution < -0.4 is 0 Å². The van der Waals surface area contributed by atoms with Crippen LogP contribution >= 0.6 is 0 Å². The Balaban J connectivity index is 3.16. The van der Waals surface area contributed by atoms with Crippen LogP contribution in [0.4, 0.5) is 0 Å². The molecular formula is C26H40. The van der Waals surface area contributed by atoms with E-state index >= 15 is 0 Å². The van der Waals surface area contributed by atoms with Crippen LogP contribution in [0.15, 0.2) is 24.3 Å². The van der Waals surface area contributed by atoms with Gasteiger partial charge >= 0.3 is 0 Å². The predicted octanol–water partition coefficient (Wildman–Crippen LogP) is 8.03. The lowest BCUT2D eigenvalue weighted by atomic mass is 9.71. The van der Waals surface area contributed by atoms with E-state index < -0.39 is 0 Å². The van der Waals surface area contributed by atoms with Crippen LogP contribution in [0.25, 0.3) is 10.8 Å². The van der Waals surface area contributed by atoms with Crippen molar-refractivity contribution in [3.8, 4) is 0 Å². The van der Waals surface area contributed by atoms with Gasteiger partial charge in [-0.1, -0.05) is 107 Å². The van der Waals surface area contributed by atoms with Crippen LogP contribution in [0.2, 0.25) is 0 Å². The lowest BCUT2D eigenvalue weighted by Gasteiger charge is -2.33. The van der Waals surface area contributed by atoms with Crippen LogP contribution in [0.1, 0.15) is 105 Å². The van der Waals surface area contributed by atoms with Gasteiger partial charge in [0, 0.05) is 0 Å². The topological polar surface area (TPSA) is 0 Å². The van der Waals surface area contributed by atoms with E-state index in [1.165, 1.54) is 33.0 Å². The van der Waals surface area contributed by atoms with Gasteiger partial charge in [-0.15, -0.1) is 0 Å². The summed E-state index contributed by atoms with van der Waals surface area (Å²) in [6.07, 6.45) is 0. The van der Waals surface area contributed by atoms with E-state index in [2.05, 4.69) is 107 Å². The molecule has 0 aliphatic rings. The molecule has 0 bridgehead atoms. The van der Waals surface area contributed by atoms with Gasteiger partial charge < -0.3 is 0 Å². The van der Waals surface area contributed by atoms with Crippen LogP contribution in [-0.4, -0.2) is 0 Å². The molecule has 0 amide bonds. The fraction of sp³-hybridized carbons (Fsp3) is 0.615. The summed E-state index contributed by atoms with van der Waals surface area (Å²) in [6, 6.07) is 9.71. The maximum atomic E-state index is 2.48. The minimum absolute atomic E-state index is 0.107. The molecule has 2 aromatic rings. The standard InChI is InChI=1S/C26H40/c1-23(2,3)17-15-18-19(24(4,5)6)13-14-20(25(7,8)9)22(18)21(16-17)26(10,11)12/h13-16H,1-12H3. The zero-order chi connectivity index (χ0) is 20.3. The normalized spacial score (nSPS) is 14.2. The molecule has 0 heteroatoms. The molecule has 0 saturated heterocycles. The third-order valence-electron chi connectivity index (χ3n) is 5.40. The molecule has 0 N–H and O–H groups in total. The van der Waals surface area contributed by atoms with Crippen LogP contribution in [0.5, 0.6) is 0 Å². The number of benzene rings is 2. The molecule has 0 aliphatic carbocycles. The van der Waals surface area contributed by atoms with E-state index in [1.807, 2.05) is 0 Å². The SMILES string of the molecule is CC(C)(C)c1cc(C(C)(C)C)c2c(C(C)(C)C)ccc(C(C)(C)C)c2c1. The van der Waals surface area contributed by atoms with Gasteiger partial charge in [-0.25, -0.2) is 0 Å². The number of hydrogen-bond acceptors (Lipinski definition) is 0. The highest BCUT2D eigenvalue weighted by Crippen LogP contribution is 2.43. The summed E-state index contributed by atoms with van der Waals surface area (Å²) in [7, 11) is 0. The summed E-state index contributed by atoms with van der Waals surface area (Å²) in [4.78, 5) is 0. The fourth-order valence-corrected chi connectivity index (χ4v) is 3.79. The quantitative estimate of drug-likeness (QED) is 0.450. The van der Waals surface area contributed by atoms with Gasteiger partial charge in [0.05, 0.1) is 0 Å². The van der Waals surface area contributed by atoms with Gasteiger partial charge in [0.2, 0.25) is 0 Å². The molecule has 26 heavy (non-hydrogen) atoms. The lowest BCUT2D eigenvalue weighted by Crippen LogP contribution is -2.22. The number of fused-ring (bicyclic) bond motifs is 1. The molecule has 0 radical (unpaired) electrons. The van der Waals surface area contributed by atoms with Gasteiger partial charge in [-0.05, 0) is 54.7 Å². The van der Waals surface area contributed by atoms with Crippen molar-refractivity contribution in [2.45, 2.75) is 105 Å². The second kappa shape index (κ2) is 6.11. The summed E-state index contributed by atoms with van der Waals surface area (Å²) in [5.41, 5.74) is 6.33. The van der Waals surface area contributed by atoms with Crippen LogP contribution in [-0.2, 0) is 21.7 Å². The first kappa shape index (κ1) is 21.0. The Morgan fingerprint density at radius 2 is 0.885 bits per heavy atom. The van der Waals surface area contributed by atoms with E-state index in [0.717, 1.165) is 0 Å². The molecule has 0 aliphatic heterocycles. The largest absolute Gasteiger partial charge is 0.0576 e. The first-order chi connectivity index (χ1) is 11.4. The second-order valence-electron chi connectivity index (χ2n) is 12.1. The smallest absolute Gasteiger partial charge is 0.0106 e. The van der Waals surface area contributed by atoms with Crippen molar-refractivity contribution in [3.63, 3.8) is 0 Å². The van der Waals surface area contributed by atoms with E-state index in [-0.39, 0.29) is 21.7 Å². The van der Waals surface area contributed by atoms with Crippen molar-refractivity contribution >= 4 is 10.8 Å². The zero-order valence-electron chi connectivity index (χ0n) is 19.3. The molecule has 0 spiro atoms. The van der Waals surface area contributed by atoms with E-state index in [9.17, 15) is 0 Å². The van der Waals surface area contributed by atoms with Crippen molar-refractivity contribution in [3.05, 3.63) is 46.5 Å². The van der Waals surface area contributed by atoms with Gasteiger partial charge in [-0.2, -0.15) is 0 Å². The van der Waals surface area contributed by atoms with Gasteiger partial charge in [-0.3, -0.25) is 0 Å². The van der Waals surface area contributed by atoms with Gasteiger partial charge in [0.1, 0.15) is 0 Å². The van der Waals surface area contributed by atoms with Crippen LogP contribution in [0, 0.1) is 0 Å². The van der Waals surface area contributed by atoms with E-state index in [0.29, 0.717) is 0 Å². The molecule has 2 aromatic carbocycles. The summed E-state index contributed by atoms with van der Waals surface area (Å²) in [5.74, 6) is 0. The van der Waals surface area contributed by atoms with Crippen molar-refractivity contribution in [1.29, 1.82) is 0 Å². The van der Waals surface area contributed by atoms with Crippen molar-refractivity contribution in [2.24, 2.45) is 0 Å². The Morgan fingerprint density at radius 3 is 1.27 bits per heavy atom. The number of hydrogen-bond donors (Lipinski definition) is 0. The van der Waals surface area contributed by atoms with E-state index in [4.69, 9.17) is 0 Å². The maximum Gasteiger partial charge on any atom is -0.0106 e. The molecule has 0 fully saturated rings.